The molecule has 4 N–H and O–H groups in total. The predicted molar refractivity (Wildman–Crippen MR) is 158 cm³/mol. The van der Waals surface area contributed by atoms with Crippen molar-refractivity contribution in [3.63, 3.8) is 0 Å². The quantitative estimate of drug-likeness (QED) is 0.214. The van der Waals surface area contributed by atoms with Crippen LogP contribution in [0.25, 0.3) is 16.5 Å². The molecule has 0 fully saturated rings. The van der Waals surface area contributed by atoms with Gasteiger partial charge in [0.2, 0.25) is 5.91 Å². The molecule has 0 aliphatic heterocycles. The molecule has 1 amide bonds. The number of para-hydroxylation sites is 1. The molecular formula is C32H47N3O2. The zero-order valence-electron chi connectivity index (χ0n) is 23.3. The standard InChI is InChI=1S/C22H32N2O2.C9H10.CH5N/c1-3-4-5-6-7-8-9-14-22(26)24-21(17(2)25)15-18-16-23-20-13-11-10-12-19(18)20;1-8(2)9-6-4-3-5-7-9;1-2/h10-13,16,21,23H,3-9,14-15H2,1-2H3,(H,24,26);3-7H,1H2,2H3;2H2,1H3. The third-order valence-corrected chi connectivity index (χ3v) is 6.20. The van der Waals surface area contributed by atoms with Gasteiger partial charge in [-0.25, -0.2) is 0 Å². The van der Waals surface area contributed by atoms with Crippen LogP contribution in [-0.4, -0.2) is 29.8 Å². The van der Waals surface area contributed by atoms with Gasteiger partial charge in [-0.2, -0.15) is 0 Å². The fourth-order valence-corrected chi connectivity index (χ4v) is 4.05. The van der Waals surface area contributed by atoms with Crippen LogP contribution in [0.5, 0.6) is 0 Å². The van der Waals surface area contributed by atoms with E-state index in [1.54, 1.807) is 6.92 Å². The second-order valence-electron chi connectivity index (χ2n) is 9.31. The minimum atomic E-state index is -0.453. The zero-order chi connectivity index (χ0) is 27.5. The Morgan fingerprint density at radius 1 is 0.892 bits per heavy atom. The average molecular weight is 506 g/mol. The monoisotopic (exact) mass is 505 g/mol. The molecule has 2 aromatic carbocycles. The van der Waals surface area contributed by atoms with Gasteiger partial charge in [0.05, 0.1) is 6.04 Å². The number of nitrogens with two attached hydrogens (primary N) is 1. The van der Waals surface area contributed by atoms with Crippen LogP contribution in [0, 0.1) is 0 Å². The van der Waals surface area contributed by atoms with E-state index in [2.05, 4.69) is 41.7 Å². The van der Waals surface area contributed by atoms with Gasteiger partial charge in [-0.15, -0.1) is 0 Å². The van der Waals surface area contributed by atoms with Crippen molar-refractivity contribution in [1.82, 2.24) is 10.3 Å². The maximum absolute atomic E-state index is 12.2. The van der Waals surface area contributed by atoms with Crippen LogP contribution in [0.4, 0.5) is 0 Å². The molecule has 0 saturated heterocycles. The Morgan fingerprint density at radius 3 is 2.08 bits per heavy atom. The number of carbonyl (C=O) groups excluding carboxylic acids is 2. The Balaban J connectivity index is 0.000000519. The summed E-state index contributed by atoms with van der Waals surface area (Å²) in [5, 5.41) is 4.04. The number of benzene rings is 2. The van der Waals surface area contributed by atoms with Crippen LogP contribution < -0.4 is 11.1 Å². The van der Waals surface area contributed by atoms with E-state index < -0.39 is 6.04 Å². The Bertz CT molecular complexity index is 1060. The highest BCUT2D eigenvalue weighted by molar-refractivity contribution is 5.89. The van der Waals surface area contributed by atoms with Crippen LogP contribution in [-0.2, 0) is 16.0 Å². The highest BCUT2D eigenvalue weighted by Gasteiger charge is 2.19. The van der Waals surface area contributed by atoms with Gasteiger partial charge >= 0.3 is 0 Å². The zero-order valence-corrected chi connectivity index (χ0v) is 23.3. The first kappa shape index (κ1) is 31.8. The molecule has 5 nitrogen and oxygen atoms in total. The van der Waals surface area contributed by atoms with E-state index >= 15 is 0 Å². The highest BCUT2D eigenvalue weighted by atomic mass is 16.2. The van der Waals surface area contributed by atoms with Crippen molar-refractivity contribution in [3.05, 3.63) is 78.5 Å². The third kappa shape index (κ3) is 12.6. The van der Waals surface area contributed by atoms with Crippen LogP contribution >= 0.6 is 0 Å². The minimum absolute atomic E-state index is 0.00296. The number of rotatable bonds is 13. The fourth-order valence-electron chi connectivity index (χ4n) is 4.05. The van der Waals surface area contributed by atoms with E-state index in [1.807, 2.05) is 55.6 Å². The first-order valence-corrected chi connectivity index (χ1v) is 13.6. The topological polar surface area (TPSA) is 88.0 Å². The summed E-state index contributed by atoms with van der Waals surface area (Å²) in [7, 11) is 1.50. The van der Waals surface area contributed by atoms with E-state index in [4.69, 9.17) is 0 Å². The van der Waals surface area contributed by atoms with Gasteiger partial charge in [-0.3, -0.25) is 9.59 Å². The second-order valence-corrected chi connectivity index (χ2v) is 9.31. The summed E-state index contributed by atoms with van der Waals surface area (Å²) >= 11 is 0. The molecule has 1 atom stereocenters. The van der Waals surface area contributed by atoms with Gasteiger partial charge in [-0.05, 0) is 44.5 Å². The Hall–Kier alpha value is -3.18. The number of allylic oxidation sites excluding steroid dienone is 1. The summed E-state index contributed by atoms with van der Waals surface area (Å²) < 4.78 is 0. The maximum Gasteiger partial charge on any atom is 0.220 e. The molecule has 0 radical (unpaired) electrons. The van der Waals surface area contributed by atoms with E-state index in [1.165, 1.54) is 44.7 Å². The average Bonchev–Trinajstić information content (AvgIpc) is 3.32. The molecule has 0 aliphatic rings. The van der Waals surface area contributed by atoms with E-state index in [0.29, 0.717) is 12.8 Å². The summed E-state index contributed by atoms with van der Waals surface area (Å²) in [4.78, 5) is 27.4. The normalized spacial score (nSPS) is 10.9. The molecule has 0 saturated carbocycles. The summed E-state index contributed by atoms with van der Waals surface area (Å²) in [6.07, 6.45) is 11.3. The Kier molecular flexibility index (Phi) is 16.4. The lowest BCUT2D eigenvalue weighted by Crippen LogP contribution is -2.41. The van der Waals surface area contributed by atoms with Gasteiger partial charge in [-0.1, -0.05) is 106 Å². The summed E-state index contributed by atoms with van der Waals surface area (Å²) in [6.45, 7) is 9.60. The Morgan fingerprint density at radius 2 is 1.49 bits per heavy atom. The van der Waals surface area contributed by atoms with Gasteiger partial charge < -0.3 is 16.0 Å². The molecule has 3 aromatic rings. The van der Waals surface area contributed by atoms with Crippen LogP contribution in [0.1, 0.15) is 83.3 Å². The summed E-state index contributed by atoms with van der Waals surface area (Å²) in [5.74, 6) is -0.0122. The molecule has 0 spiro atoms. The molecule has 37 heavy (non-hydrogen) atoms. The largest absolute Gasteiger partial charge is 0.361 e. The molecule has 5 heteroatoms. The van der Waals surface area contributed by atoms with Crippen LogP contribution in [0.3, 0.4) is 0 Å². The lowest BCUT2D eigenvalue weighted by Gasteiger charge is -2.15. The molecule has 1 heterocycles. The summed E-state index contributed by atoms with van der Waals surface area (Å²) in [5.41, 5.74) is 8.96. The van der Waals surface area contributed by atoms with Crippen molar-refractivity contribution in [2.45, 2.75) is 84.6 Å². The Labute approximate surface area is 223 Å². The number of nitrogens with one attached hydrogen (secondary N) is 2. The number of ketones is 1. The van der Waals surface area contributed by atoms with Crippen LogP contribution in [0.15, 0.2) is 67.4 Å². The van der Waals surface area contributed by atoms with Crippen molar-refractivity contribution in [3.8, 4) is 0 Å². The van der Waals surface area contributed by atoms with Gasteiger partial charge in [0.1, 0.15) is 0 Å². The van der Waals surface area contributed by atoms with Crippen molar-refractivity contribution >= 4 is 28.2 Å². The first-order valence-electron chi connectivity index (χ1n) is 13.6. The molecule has 1 aromatic heterocycles. The molecular weight excluding hydrogens is 458 g/mol. The number of aromatic amines is 1. The lowest BCUT2D eigenvalue weighted by atomic mass is 10.0. The number of hydrogen-bond acceptors (Lipinski definition) is 3. The maximum atomic E-state index is 12.2. The van der Waals surface area contributed by atoms with Crippen molar-refractivity contribution in [2.24, 2.45) is 5.73 Å². The molecule has 0 bridgehead atoms. The second kappa shape index (κ2) is 19.0. The number of amides is 1. The number of fused-ring (bicyclic) bond motifs is 1. The van der Waals surface area contributed by atoms with Gasteiger partial charge in [0.15, 0.2) is 5.78 Å². The van der Waals surface area contributed by atoms with E-state index in [0.717, 1.165) is 34.9 Å². The number of H-pyrrole nitrogens is 1. The third-order valence-electron chi connectivity index (χ3n) is 6.20. The fraction of sp³-hybridized carbons (Fsp3) is 0.438. The predicted octanol–water partition coefficient (Wildman–Crippen LogP) is 7.22. The molecule has 1 unspecified atom stereocenters. The molecule has 3 rings (SSSR count). The summed E-state index contributed by atoms with van der Waals surface area (Å²) in [6, 6.07) is 17.7. The van der Waals surface area contributed by atoms with Crippen LogP contribution in [0.2, 0.25) is 0 Å². The number of aromatic nitrogens is 1. The van der Waals surface area contributed by atoms with Crippen molar-refractivity contribution in [2.75, 3.05) is 7.05 Å². The van der Waals surface area contributed by atoms with Gasteiger partial charge in [0, 0.05) is 29.9 Å². The minimum Gasteiger partial charge on any atom is -0.361 e. The van der Waals surface area contributed by atoms with Crippen molar-refractivity contribution < 1.29 is 9.59 Å². The molecule has 202 valence electrons. The highest BCUT2D eigenvalue weighted by Crippen LogP contribution is 2.19. The van der Waals surface area contributed by atoms with E-state index in [-0.39, 0.29) is 11.7 Å². The van der Waals surface area contributed by atoms with E-state index in [9.17, 15) is 9.59 Å². The van der Waals surface area contributed by atoms with Crippen molar-refractivity contribution in [1.29, 1.82) is 0 Å². The van der Waals surface area contributed by atoms with Gasteiger partial charge in [0.25, 0.3) is 0 Å². The number of hydrogen-bond donors (Lipinski definition) is 3. The SMILES string of the molecule is C=C(C)c1ccccc1.CCCCCCCCCC(=O)NC(Cc1c[nH]c2ccccc12)C(C)=O.CN. The smallest absolute Gasteiger partial charge is 0.220 e. The first-order chi connectivity index (χ1) is 17.9. The molecule has 0 aliphatic carbocycles. The number of unbranched alkanes of at least 4 members (excludes halogenated alkanes) is 6. The number of carbonyl (C=O) groups is 2. The lowest BCUT2D eigenvalue weighted by molar-refractivity contribution is -0.126. The number of Topliss-reactive ketones (excluding diaryl/α,β-unsaturated/α-hetero) is 1.